The third kappa shape index (κ3) is 78.8. The van der Waals surface area contributed by atoms with E-state index in [0.29, 0.717) is 38.5 Å². The van der Waals surface area contributed by atoms with Gasteiger partial charge in [0.2, 0.25) is 0 Å². The normalized spacial score (nSPS) is 14.6. The Labute approximate surface area is 655 Å². The van der Waals surface area contributed by atoms with Gasteiger partial charge in [-0.25, -0.2) is 9.13 Å². The lowest BCUT2D eigenvalue weighted by molar-refractivity contribution is -0.161. The van der Waals surface area contributed by atoms with Gasteiger partial charge in [0, 0.05) is 25.7 Å². The maximum atomic E-state index is 13.1. The average Bonchev–Trinajstić information content (AvgIpc) is 0.914. The van der Waals surface area contributed by atoms with E-state index in [9.17, 15) is 43.2 Å². The Hall–Kier alpha value is -5.32. The molecule has 0 heterocycles. The molecule has 0 aromatic heterocycles. The predicted octanol–water partition coefficient (Wildman–Crippen LogP) is 24.8. The standard InChI is InChI=1S/C89H148O17P2/c1-5-9-13-17-21-25-29-33-37-39-41-43-47-50-54-58-62-66-70-74-87(92)100-80-84(105-88(93)75-71-67-63-59-55-51-46-36-32-28-24-20-16-12-8-4)81-103-107(95,96)101-77-83(90)78-102-108(97,98)104-82-85(79-99-86(91)73-69-65-61-57-53-49-45-35-31-27-23-19-15-11-7-3)106-89(94)76-72-68-64-60-56-52-48-44-42-40-38-34-30-26-22-18-14-10-6-2/h9-10,13-14,21-22,25-26,33-34,36-38,41-44,46,50,52,54,56,62,64,66,68,83-85,90H,5-8,11-12,15-20,23-24,27-32,35,39-40,45,47-49,51,53,55,57-61,63,65,67,69-82H2,1-4H3,(H,95,96)(H,97,98)/b13-9-,14-10-,25-21-,26-22-,37-33-,38-34-,43-41-,44-42-,46-36-,54-50-,56-52-,66-62-,68-64-/t83?,84-,85-/m1/s1. The molecule has 0 aromatic carbocycles. The molecule has 5 atom stereocenters. The third-order valence-electron chi connectivity index (χ3n) is 17.0. The largest absolute Gasteiger partial charge is 0.472 e. The van der Waals surface area contributed by atoms with Crippen molar-refractivity contribution in [2.75, 3.05) is 39.6 Å². The van der Waals surface area contributed by atoms with Gasteiger partial charge in [0.25, 0.3) is 0 Å². The molecule has 3 unspecified atom stereocenters. The van der Waals surface area contributed by atoms with E-state index in [4.69, 9.17) is 37.0 Å². The Morgan fingerprint density at radius 3 is 0.815 bits per heavy atom. The second-order valence-corrected chi connectivity index (χ2v) is 30.2. The summed E-state index contributed by atoms with van der Waals surface area (Å²) in [6.07, 6.45) is 93.9. The molecule has 0 spiro atoms. The van der Waals surface area contributed by atoms with Gasteiger partial charge in [0.05, 0.1) is 26.4 Å². The summed E-state index contributed by atoms with van der Waals surface area (Å²) >= 11 is 0. The molecule has 0 radical (unpaired) electrons. The van der Waals surface area contributed by atoms with Crippen LogP contribution in [0.1, 0.15) is 323 Å². The summed E-state index contributed by atoms with van der Waals surface area (Å²) in [5.41, 5.74) is 0. The molecular weight excluding hydrogens is 1400 g/mol. The summed E-state index contributed by atoms with van der Waals surface area (Å²) in [5, 5.41) is 10.7. The molecule has 19 heteroatoms. The summed E-state index contributed by atoms with van der Waals surface area (Å²) in [4.78, 5) is 73.1. The minimum atomic E-state index is -5.01. The van der Waals surface area contributed by atoms with E-state index >= 15 is 0 Å². The fraction of sp³-hybridized carbons (Fsp3) is 0.663. The van der Waals surface area contributed by atoms with Gasteiger partial charge >= 0.3 is 39.5 Å². The second-order valence-electron chi connectivity index (χ2n) is 27.3. The minimum Gasteiger partial charge on any atom is -0.462 e. The van der Waals surface area contributed by atoms with E-state index in [-0.39, 0.29) is 25.7 Å². The zero-order chi connectivity index (χ0) is 78.9. The van der Waals surface area contributed by atoms with Crippen LogP contribution in [0.4, 0.5) is 0 Å². The van der Waals surface area contributed by atoms with Crippen LogP contribution in [0.15, 0.2) is 158 Å². The van der Waals surface area contributed by atoms with E-state index < -0.39 is 97.5 Å². The Balaban J connectivity index is 5.51. The fourth-order valence-electron chi connectivity index (χ4n) is 10.7. The number of rotatable bonds is 77. The van der Waals surface area contributed by atoms with Crippen LogP contribution in [0.2, 0.25) is 0 Å². The molecule has 0 saturated carbocycles. The second kappa shape index (κ2) is 79.8. The molecular formula is C89H148O17P2. The van der Waals surface area contributed by atoms with Gasteiger partial charge in [-0.2, -0.15) is 0 Å². The zero-order valence-corrected chi connectivity index (χ0v) is 69.3. The number of aliphatic hydroxyl groups excluding tert-OH is 1. The summed E-state index contributed by atoms with van der Waals surface area (Å²) < 4.78 is 68.6. The summed E-state index contributed by atoms with van der Waals surface area (Å²) in [5.74, 6) is -2.38. The van der Waals surface area contributed by atoms with Crippen LogP contribution in [-0.4, -0.2) is 96.7 Å². The van der Waals surface area contributed by atoms with E-state index in [2.05, 4.69) is 149 Å². The quantitative estimate of drug-likeness (QED) is 0.0169. The molecule has 17 nitrogen and oxygen atoms in total. The number of aliphatic hydroxyl groups is 1. The van der Waals surface area contributed by atoms with Crippen molar-refractivity contribution in [1.82, 2.24) is 0 Å². The van der Waals surface area contributed by atoms with Crippen molar-refractivity contribution in [3.8, 4) is 0 Å². The van der Waals surface area contributed by atoms with Gasteiger partial charge in [-0.1, -0.05) is 327 Å². The highest BCUT2D eigenvalue weighted by atomic mass is 31.2. The van der Waals surface area contributed by atoms with Crippen molar-refractivity contribution in [2.45, 2.75) is 341 Å². The molecule has 0 bridgehead atoms. The third-order valence-corrected chi connectivity index (χ3v) is 18.9. The van der Waals surface area contributed by atoms with Crippen molar-refractivity contribution in [1.29, 1.82) is 0 Å². The number of carbonyl (C=O) groups is 4. The highest BCUT2D eigenvalue weighted by Gasteiger charge is 2.30. The monoisotopic (exact) mass is 1550 g/mol. The Kier molecular flexibility index (Phi) is 75.8. The first-order chi connectivity index (χ1) is 52.7. The van der Waals surface area contributed by atoms with Gasteiger partial charge in [0.1, 0.15) is 19.3 Å². The highest BCUT2D eigenvalue weighted by molar-refractivity contribution is 7.47. The maximum Gasteiger partial charge on any atom is 0.472 e. The van der Waals surface area contributed by atoms with Crippen LogP contribution in [0.5, 0.6) is 0 Å². The highest BCUT2D eigenvalue weighted by Crippen LogP contribution is 2.45. The number of hydrogen-bond acceptors (Lipinski definition) is 15. The number of ether oxygens (including phenoxy) is 4. The number of phosphoric ester groups is 2. The average molecular weight is 1550 g/mol. The molecule has 0 rings (SSSR count). The first kappa shape index (κ1) is 103. The van der Waals surface area contributed by atoms with E-state index in [0.717, 1.165) is 128 Å². The molecule has 616 valence electrons. The molecule has 0 aliphatic carbocycles. The lowest BCUT2D eigenvalue weighted by Gasteiger charge is -2.21. The van der Waals surface area contributed by atoms with E-state index in [1.807, 2.05) is 36.5 Å². The molecule has 0 fully saturated rings. The number of allylic oxidation sites excluding steroid dienone is 26. The van der Waals surface area contributed by atoms with Crippen LogP contribution in [0.25, 0.3) is 0 Å². The Morgan fingerprint density at radius 2 is 0.500 bits per heavy atom. The van der Waals surface area contributed by atoms with Crippen LogP contribution in [0.3, 0.4) is 0 Å². The van der Waals surface area contributed by atoms with Crippen molar-refractivity contribution in [3.63, 3.8) is 0 Å². The van der Waals surface area contributed by atoms with Crippen molar-refractivity contribution >= 4 is 39.5 Å². The van der Waals surface area contributed by atoms with Gasteiger partial charge in [0.15, 0.2) is 12.2 Å². The topological polar surface area (TPSA) is 237 Å². The number of unbranched alkanes of at least 4 members (excludes halogenated alkanes) is 25. The summed E-state index contributed by atoms with van der Waals surface area (Å²) in [6, 6.07) is 0. The lowest BCUT2D eigenvalue weighted by Crippen LogP contribution is -2.30. The molecule has 108 heavy (non-hydrogen) atoms. The zero-order valence-electron chi connectivity index (χ0n) is 67.5. The van der Waals surface area contributed by atoms with Crippen LogP contribution in [-0.2, 0) is 65.4 Å². The fourth-order valence-corrected chi connectivity index (χ4v) is 12.3. The van der Waals surface area contributed by atoms with Crippen molar-refractivity contribution in [2.24, 2.45) is 0 Å². The van der Waals surface area contributed by atoms with Crippen LogP contribution in [0, 0.1) is 0 Å². The molecule has 0 amide bonds. The van der Waals surface area contributed by atoms with Gasteiger partial charge in [-0.05, 0) is 128 Å². The predicted molar refractivity (Wildman–Crippen MR) is 445 cm³/mol. The van der Waals surface area contributed by atoms with Gasteiger partial charge in [-0.3, -0.25) is 37.3 Å². The van der Waals surface area contributed by atoms with Crippen LogP contribution >= 0.6 is 15.6 Å². The Bertz CT molecular complexity index is 2660. The molecule has 0 aliphatic heterocycles. The lowest BCUT2D eigenvalue weighted by atomic mass is 10.0. The number of phosphoric acid groups is 2. The molecule has 0 aromatic rings. The number of esters is 4. The smallest absolute Gasteiger partial charge is 0.462 e. The molecule has 0 aliphatic rings. The first-order valence-electron chi connectivity index (χ1n) is 41.7. The van der Waals surface area contributed by atoms with E-state index in [1.165, 1.54) is 103 Å². The minimum absolute atomic E-state index is 0.0292. The van der Waals surface area contributed by atoms with Crippen LogP contribution < -0.4 is 0 Å². The summed E-state index contributed by atoms with van der Waals surface area (Å²) in [6.45, 7) is 4.48. The number of hydrogen-bond donors (Lipinski definition) is 3. The van der Waals surface area contributed by atoms with Gasteiger partial charge in [-0.15, -0.1) is 0 Å². The van der Waals surface area contributed by atoms with Crippen molar-refractivity contribution in [3.05, 3.63) is 158 Å². The SMILES string of the molecule is CC/C=C\C/C=C\C/C=C\C/C=C\C/C=C\C/C=C\CCC(=O)OC[C@H](COP(=O)(O)OCC(O)COP(=O)(O)OC[C@@H](COC(=O)CCCCCCCCCCCCCCCCC)OC(=O)CC/C=C\C/C=C\C/C=C\C/C=C\C/C=C\C/C=C\CC)OC(=O)CCCCCCC/C=C\CCCCCCCC. The summed E-state index contributed by atoms with van der Waals surface area (Å²) in [7, 11) is -10.0. The maximum absolute atomic E-state index is 13.1. The number of carbonyl (C=O) groups excluding carboxylic acids is 4. The molecule has 3 N–H and O–H groups in total. The van der Waals surface area contributed by atoms with Gasteiger partial charge < -0.3 is 33.8 Å². The molecule has 0 saturated heterocycles. The Morgan fingerprint density at radius 1 is 0.269 bits per heavy atom. The first-order valence-corrected chi connectivity index (χ1v) is 44.7. The van der Waals surface area contributed by atoms with E-state index in [1.54, 1.807) is 0 Å². The van der Waals surface area contributed by atoms with Crippen molar-refractivity contribution < 1.29 is 80.2 Å².